The number of halogens is 3. The van der Waals surface area contributed by atoms with E-state index in [1.54, 1.807) is 36.4 Å². The largest absolute Gasteiger partial charge is 0.508 e. The number of aliphatic hydroxyl groups is 1. The van der Waals surface area contributed by atoms with Crippen molar-refractivity contribution in [3.63, 3.8) is 0 Å². The molecule has 0 aromatic heterocycles. The molecule has 4 aromatic carbocycles. The minimum Gasteiger partial charge on any atom is -0.508 e. The van der Waals surface area contributed by atoms with E-state index < -0.39 is 29.1 Å². The van der Waals surface area contributed by atoms with Crippen molar-refractivity contribution < 1.29 is 28.1 Å². The number of fused-ring (bicyclic) bond motifs is 1. The summed E-state index contributed by atoms with van der Waals surface area (Å²) < 4.78 is 49.2. The molecule has 1 heterocycles. The number of benzene rings is 4. The lowest BCUT2D eigenvalue weighted by atomic mass is 9.88. The van der Waals surface area contributed by atoms with Crippen LogP contribution >= 0.6 is 0 Å². The van der Waals surface area contributed by atoms with Gasteiger partial charge in [0.1, 0.15) is 35.1 Å². The second-order valence-corrected chi connectivity index (χ2v) is 9.79. The summed E-state index contributed by atoms with van der Waals surface area (Å²) in [6.07, 6.45) is 4.49. The summed E-state index contributed by atoms with van der Waals surface area (Å²) in [5.74, 6) is -2.48. The fourth-order valence-electron chi connectivity index (χ4n) is 5.23. The molecule has 2 unspecified atom stereocenters. The van der Waals surface area contributed by atoms with E-state index in [2.05, 4.69) is 5.32 Å². The summed E-state index contributed by atoms with van der Waals surface area (Å²) in [6.45, 7) is 1.61. The highest BCUT2D eigenvalue weighted by Crippen LogP contribution is 2.40. The fourth-order valence-corrected chi connectivity index (χ4v) is 5.23. The molecule has 0 aliphatic carbocycles. The molecule has 0 amide bonds. The van der Waals surface area contributed by atoms with Crippen LogP contribution in [0.25, 0.3) is 21.9 Å². The van der Waals surface area contributed by atoms with Crippen molar-refractivity contribution >= 4 is 10.8 Å². The second-order valence-electron chi connectivity index (χ2n) is 9.79. The van der Waals surface area contributed by atoms with E-state index in [0.29, 0.717) is 46.9 Å². The topological polar surface area (TPSA) is 61.7 Å². The predicted molar refractivity (Wildman–Crippen MR) is 142 cm³/mol. The van der Waals surface area contributed by atoms with Gasteiger partial charge in [-0.25, -0.2) is 13.2 Å². The molecule has 1 saturated heterocycles. The van der Waals surface area contributed by atoms with E-state index >= 15 is 0 Å². The molecule has 0 radical (unpaired) electrons. The molecule has 4 aromatic rings. The van der Waals surface area contributed by atoms with Crippen LogP contribution < -0.4 is 10.1 Å². The number of hydrogen-bond acceptors (Lipinski definition) is 4. The minimum absolute atomic E-state index is 0.0189. The van der Waals surface area contributed by atoms with Gasteiger partial charge in [-0.15, -0.1) is 0 Å². The Bertz CT molecular complexity index is 1390. The third-order valence-corrected chi connectivity index (χ3v) is 7.19. The lowest BCUT2D eigenvalue weighted by Gasteiger charge is -2.20. The molecule has 1 aliphatic heterocycles. The van der Waals surface area contributed by atoms with Crippen LogP contribution in [0.5, 0.6) is 11.5 Å². The zero-order valence-corrected chi connectivity index (χ0v) is 20.9. The molecule has 0 saturated carbocycles. The Morgan fingerprint density at radius 2 is 1.66 bits per heavy atom. The molecule has 3 N–H and O–H groups in total. The van der Waals surface area contributed by atoms with E-state index in [-0.39, 0.29) is 16.9 Å². The van der Waals surface area contributed by atoms with Gasteiger partial charge >= 0.3 is 0 Å². The smallest absolute Gasteiger partial charge is 0.136 e. The van der Waals surface area contributed by atoms with Gasteiger partial charge < -0.3 is 20.3 Å². The van der Waals surface area contributed by atoms with Crippen LogP contribution in [0.3, 0.4) is 0 Å². The SMILES string of the molecule is Oc1ccc2c(C(O)c3ccc(OCCC4CCCCCN4)cc3)c(-c3c(F)cc(F)cc3F)ccc2c1. The molecule has 7 heteroatoms. The van der Waals surface area contributed by atoms with Crippen molar-refractivity contribution in [2.45, 2.75) is 44.2 Å². The molecular weight excluding hydrogens is 491 g/mol. The molecule has 2 atom stereocenters. The Morgan fingerprint density at radius 3 is 2.42 bits per heavy atom. The zero-order valence-electron chi connectivity index (χ0n) is 20.9. The third kappa shape index (κ3) is 5.64. The van der Waals surface area contributed by atoms with Gasteiger partial charge in [0.2, 0.25) is 0 Å². The normalized spacial score (nSPS) is 16.8. The van der Waals surface area contributed by atoms with Gasteiger partial charge in [0, 0.05) is 23.7 Å². The predicted octanol–water partition coefficient (Wildman–Crippen LogP) is 7.01. The summed E-state index contributed by atoms with van der Waals surface area (Å²) in [5.41, 5.74) is 0.414. The average molecular weight is 522 g/mol. The van der Waals surface area contributed by atoms with Gasteiger partial charge in [-0.05, 0) is 72.0 Å². The number of nitrogens with one attached hydrogen (secondary N) is 1. The maximum absolute atomic E-state index is 14.8. The maximum atomic E-state index is 14.8. The molecule has 5 rings (SSSR count). The number of aliphatic hydroxyl groups excluding tert-OH is 1. The van der Waals surface area contributed by atoms with Crippen LogP contribution in [0, 0.1) is 17.5 Å². The van der Waals surface area contributed by atoms with Gasteiger partial charge in [0.25, 0.3) is 0 Å². The fraction of sp³-hybridized carbons (Fsp3) is 0.290. The number of phenols is 1. The zero-order chi connectivity index (χ0) is 26.6. The Balaban J connectivity index is 1.44. The van der Waals surface area contributed by atoms with Gasteiger partial charge in [0.05, 0.1) is 12.2 Å². The first kappa shape index (κ1) is 26.1. The van der Waals surface area contributed by atoms with Crippen LogP contribution in [-0.4, -0.2) is 29.4 Å². The van der Waals surface area contributed by atoms with Gasteiger partial charge in [-0.2, -0.15) is 0 Å². The van der Waals surface area contributed by atoms with Gasteiger partial charge in [-0.1, -0.05) is 43.2 Å². The number of rotatable bonds is 7. The van der Waals surface area contributed by atoms with Crippen LogP contribution in [0.4, 0.5) is 13.2 Å². The molecule has 4 nitrogen and oxygen atoms in total. The quantitative estimate of drug-likeness (QED) is 0.245. The first-order valence-corrected chi connectivity index (χ1v) is 13.0. The van der Waals surface area contributed by atoms with Crippen molar-refractivity contribution in [2.75, 3.05) is 13.2 Å². The van der Waals surface area contributed by atoms with Crippen LogP contribution in [0.2, 0.25) is 0 Å². The minimum atomic E-state index is -1.26. The molecule has 0 bridgehead atoms. The molecule has 0 spiro atoms. The van der Waals surface area contributed by atoms with E-state index in [0.717, 1.165) is 19.4 Å². The summed E-state index contributed by atoms with van der Waals surface area (Å²) in [5, 5.41) is 26.1. The molecular formula is C31H30F3NO3. The number of aromatic hydroxyl groups is 1. The molecule has 38 heavy (non-hydrogen) atoms. The van der Waals surface area contributed by atoms with Crippen molar-refractivity contribution in [3.05, 3.63) is 95.3 Å². The number of phenolic OH excluding ortho intramolecular Hbond substituents is 1. The van der Waals surface area contributed by atoms with Crippen LogP contribution in [-0.2, 0) is 0 Å². The summed E-state index contributed by atoms with van der Waals surface area (Å²) in [6, 6.07) is 16.2. The van der Waals surface area contributed by atoms with Crippen LogP contribution in [0.15, 0.2) is 66.7 Å². The average Bonchev–Trinajstić information content (AvgIpc) is 3.17. The van der Waals surface area contributed by atoms with E-state index in [1.807, 2.05) is 0 Å². The van der Waals surface area contributed by atoms with Gasteiger partial charge in [0.15, 0.2) is 0 Å². The Hall–Kier alpha value is -3.55. The number of hydrogen-bond donors (Lipinski definition) is 3. The van der Waals surface area contributed by atoms with Crippen molar-refractivity contribution in [1.29, 1.82) is 0 Å². The highest BCUT2D eigenvalue weighted by molar-refractivity contribution is 5.93. The highest BCUT2D eigenvalue weighted by atomic mass is 19.1. The first-order valence-electron chi connectivity index (χ1n) is 13.0. The monoisotopic (exact) mass is 521 g/mol. The number of ether oxygens (including phenoxy) is 1. The summed E-state index contributed by atoms with van der Waals surface area (Å²) in [7, 11) is 0. The Labute approximate surface area is 219 Å². The Kier molecular flexibility index (Phi) is 7.86. The van der Waals surface area contributed by atoms with E-state index in [1.165, 1.54) is 37.5 Å². The summed E-state index contributed by atoms with van der Waals surface area (Å²) >= 11 is 0. The molecule has 198 valence electrons. The molecule has 1 fully saturated rings. The first-order chi connectivity index (χ1) is 18.4. The third-order valence-electron chi connectivity index (χ3n) is 7.19. The Morgan fingerprint density at radius 1 is 0.895 bits per heavy atom. The lowest BCUT2D eigenvalue weighted by Crippen LogP contribution is -2.29. The van der Waals surface area contributed by atoms with E-state index in [9.17, 15) is 23.4 Å². The van der Waals surface area contributed by atoms with Crippen molar-refractivity contribution in [1.82, 2.24) is 5.32 Å². The molecule has 1 aliphatic rings. The maximum Gasteiger partial charge on any atom is 0.136 e. The highest BCUT2D eigenvalue weighted by Gasteiger charge is 2.24. The van der Waals surface area contributed by atoms with Gasteiger partial charge in [-0.3, -0.25) is 0 Å². The van der Waals surface area contributed by atoms with Crippen LogP contribution in [0.1, 0.15) is 49.3 Å². The van der Waals surface area contributed by atoms with E-state index in [4.69, 9.17) is 4.74 Å². The van der Waals surface area contributed by atoms with Crippen molar-refractivity contribution in [2.24, 2.45) is 0 Å². The van der Waals surface area contributed by atoms with Crippen molar-refractivity contribution in [3.8, 4) is 22.6 Å². The second kappa shape index (κ2) is 11.5. The summed E-state index contributed by atoms with van der Waals surface area (Å²) in [4.78, 5) is 0. The lowest BCUT2D eigenvalue weighted by molar-refractivity contribution is 0.222. The standard InChI is InChI=1S/C31H30F3NO3/c32-21-17-27(33)30(28(34)18-21)26-11-7-20-16-23(36)8-12-25(20)29(26)31(37)19-5-9-24(10-6-19)38-15-13-22-4-2-1-3-14-35-22/h5-12,16-18,22,31,35-37H,1-4,13-15H2.